The normalized spacial score (nSPS) is 13.9. The van der Waals surface area contributed by atoms with Crippen LogP contribution in [0.15, 0.2) is 0 Å². The topological polar surface area (TPSA) is 128 Å². The highest BCUT2D eigenvalue weighted by Gasteiger charge is 2.34. The van der Waals surface area contributed by atoms with Gasteiger partial charge in [-0.1, -0.05) is 0 Å². The molecule has 0 radical (unpaired) electrons. The predicted molar refractivity (Wildman–Crippen MR) is 69.1 cm³/mol. The van der Waals surface area contributed by atoms with E-state index in [1.54, 1.807) is 27.7 Å². The third-order valence-electron chi connectivity index (χ3n) is 1.63. The van der Waals surface area contributed by atoms with Crippen LogP contribution >= 0.6 is 8.09 Å². The second-order valence-corrected chi connectivity index (χ2v) is 6.18. The first kappa shape index (κ1) is 18.7. The molecule has 114 valence electrons. The summed E-state index contributed by atoms with van der Waals surface area (Å²) >= 11 is 0. The van der Waals surface area contributed by atoms with Gasteiger partial charge in [-0.05, 0) is 27.7 Å². The molecule has 0 atom stereocenters. The van der Waals surface area contributed by atoms with Crippen LogP contribution in [0.3, 0.4) is 0 Å². The minimum Gasteiger partial charge on any atom is -0.616 e. The van der Waals surface area contributed by atoms with Crippen LogP contribution in [0, 0.1) is 0 Å². The summed E-state index contributed by atoms with van der Waals surface area (Å²) < 4.78 is 10.4. The molecule has 0 aromatic rings. The van der Waals surface area contributed by atoms with Crippen LogP contribution in [0.2, 0.25) is 0 Å². The quantitative estimate of drug-likeness (QED) is 0.142. The van der Waals surface area contributed by atoms with Crippen molar-refractivity contribution < 1.29 is 34.3 Å². The van der Waals surface area contributed by atoms with Crippen molar-refractivity contribution in [1.82, 2.24) is 5.09 Å². The average Bonchev–Trinajstić information content (AvgIpc) is 2.21. The van der Waals surface area contributed by atoms with Crippen molar-refractivity contribution in [1.29, 1.82) is 0 Å². The molecule has 0 unspecified atom stereocenters. The third kappa shape index (κ3) is 10.1. The van der Waals surface area contributed by atoms with E-state index in [0.29, 0.717) is 0 Å². The van der Waals surface area contributed by atoms with Gasteiger partial charge < -0.3 is 20.2 Å². The fraction of sp³-hybridized carbons (Fsp3) is 0.900. The van der Waals surface area contributed by atoms with E-state index >= 15 is 0 Å². The van der Waals surface area contributed by atoms with Crippen LogP contribution in [-0.2, 0) is 9.05 Å². The first-order valence-electron chi connectivity index (χ1n) is 6.01. The molecule has 0 saturated carbocycles. The number of nitrogens with one attached hydrogen (secondary N) is 2. The van der Waals surface area contributed by atoms with Gasteiger partial charge in [-0.25, -0.2) is 4.99 Å². The van der Waals surface area contributed by atoms with Crippen LogP contribution in [-0.4, -0.2) is 52.8 Å². The summed E-state index contributed by atoms with van der Waals surface area (Å²) in [6.07, 6.45) is -2.22. The lowest BCUT2D eigenvalue weighted by Gasteiger charge is -2.29. The van der Waals surface area contributed by atoms with E-state index < -0.39 is 14.4 Å². The average molecular weight is 299 g/mol. The van der Waals surface area contributed by atoms with Gasteiger partial charge in [0.25, 0.3) is 0 Å². The van der Waals surface area contributed by atoms with E-state index in [1.165, 1.54) is 0 Å². The van der Waals surface area contributed by atoms with Gasteiger partial charge in [0.05, 0.1) is 0 Å². The Balaban J connectivity index is 4.44. The summed E-state index contributed by atoms with van der Waals surface area (Å²) in [5, 5.41) is 29.1. The Labute approximate surface area is 113 Å². The molecule has 0 fully saturated rings. The van der Waals surface area contributed by atoms with Crippen molar-refractivity contribution in [3.63, 3.8) is 0 Å². The van der Waals surface area contributed by atoms with Crippen LogP contribution in [0.4, 0.5) is 0 Å². The van der Waals surface area contributed by atoms with E-state index in [1.807, 2.05) is 0 Å². The SMILES string of the molecule is CC(C)O[P+]([O-])(NCC(O)=[NH+]CC(O)O)OC(C)C. The maximum absolute atomic E-state index is 12.3. The third-order valence-corrected chi connectivity index (χ3v) is 3.57. The number of aliphatic hydroxyl groups excluding tert-OH is 2. The van der Waals surface area contributed by atoms with Gasteiger partial charge in [0.1, 0.15) is 12.2 Å². The molecular weight excluding hydrogens is 275 g/mol. The zero-order valence-electron chi connectivity index (χ0n) is 11.7. The summed E-state index contributed by atoms with van der Waals surface area (Å²) in [6, 6.07) is 0. The highest BCUT2D eigenvalue weighted by Crippen LogP contribution is 2.49. The van der Waals surface area contributed by atoms with Gasteiger partial charge in [-0.3, -0.25) is 0 Å². The van der Waals surface area contributed by atoms with Gasteiger partial charge >= 0.3 is 14.0 Å². The van der Waals surface area contributed by atoms with E-state index in [0.717, 1.165) is 0 Å². The van der Waals surface area contributed by atoms with Crippen molar-refractivity contribution in [3.8, 4) is 0 Å². The van der Waals surface area contributed by atoms with Gasteiger partial charge in [-0.2, -0.15) is 9.05 Å². The lowest BCUT2D eigenvalue weighted by Crippen LogP contribution is -2.77. The van der Waals surface area contributed by atoms with Crippen molar-refractivity contribution in [3.05, 3.63) is 0 Å². The molecule has 0 aromatic carbocycles. The molecule has 0 bridgehead atoms. The Kier molecular flexibility index (Phi) is 8.60. The molecule has 0 aliphatic heterocycles. The predicted octanol–water partition coefficient (Wildman–Crippen LogP) is -2.19. The van der Waals surface area contributed by atoms with Gasteiger partial charge in [0.15, 0.2) is 13.1 Å². The Morgan fingerprint density at radius 3 is 2.05 bits per heavy atom. The highest BCUT2D eigenvalue weighted by molar-refractivity contribution is 7.57. The minimum atomic E-state index is -3.53. The molecule has 0 saturated heterocycles. The fourth-order valence-electron chi connectivity index (χ4n) is 1.10. The zero-order chi connectivity index (χ0) is 15.1. The minimum absolute atomic E-state index is 0.205. The van der Waals surface area contributed by atoms with Crippen molar-refractivity contribution in [2.45, 2.75) is 46.2 Å². The van der Waals surface area contributed by atoms with Gasteiger partial charge in [-0.15, -0.1) is 5.09 Å². The maximum atomic E-state index is 12.3. The van der Waals surface area contributed by atoms with Crippen LogP contribution in [0.25, 0.3) is 0 Å². The molecule has 0 aliphatic rings. The standard InChI is InChI=1S/C10H23N2O6P/c1-7(2)17-19(16,18-8(3)4)12-5-9(13)11-6-10(14)15/h7-8,10,14-15H,5-6H2,1-4H3,(H,11,13)(H,12,16)/p+1. The van der Waals surface area contributed by atoms with Crippen molar-refractivity contribution in [2.24, 2.45) is 0 Å². The molecule has 19 heavy (non-hydrogen) atoms. The van der Waals surface area contributed by atoms with Crippen LogP contribution < -0.4 is 15.0 Å². The molecule has 0 aliphatic carbocycles. The Bertz CT molecular complexity index is 275. The van der Waals surface area contributed by atoms with Crippen LogP contribution in [0.1, 0.15) is 27.7 Å². The van der Waals surface area contributed by atoms with E-state index in [2.05, 4.69) is 10.1 Å². The van der Waals surface area contributed by atoms with E-state index in [4.69, 9.17) is 19.3 Å². The molecule has 0 amide bonds. The smallest absolute Gasteiger partial charge is 0.350 e. The maximum Gasteiger partial charge on any atom is 0.350 e. The molecule has 0 aromatic heterocycles. The lowest BCUT2D eigenvalue weighted by molar-refractivity contribution is -0.490. The lowest BCUT2D eigenvalue weighted by atomic mass is 10.5. The summed E-state index contributed by atoms with van der Waals surface area (Å²) in [5.74, 6) is -0.298. The van der Waals surface area contributed by atoms with Crippen molar-refractivity contribution in [2.75, 3.05) is 13.1 Å². The van der Waals surface area contributed by atoms with Crippen molar-refractivity contribution >= 4 is 14.0 Å². The molecule has 9 heteroatoms. The molecule has 8 nitrogen and oxygen atoms in total. The highest BCUT2D eigenvalue weighted by atomic mass is 31.2. The number of hydrogen-bond acceptors (Lipinski definition) is 6. The Morgan fingerprint density at radius 1 is 1.21 bits per heavy atom. The van der Waals surface area contributed by atoms with E-state index in [9.17, 15) is 10.00 Å². The van der Waals surface area contributed by atoms with Gasteiger partial charge in [0.2, 0.25) is 6.29 Å². The first-order valence-corrected chi connectivity index (χ1v) is 7.55. The summed E-state index contributed by atoms with van der Waals surface area (Å²) in [4.78, 5) is 14.6. The second kappa shape index (κ2) is 8.76. The zero-order valence-corrected chi connectivity index (χ0v) is 12.6. The van der Waals surface area contributed by atoms with Gasteiger partial charge in [0, 0.05) is 0 Å². The van der Waals surface area contributed by atoms with Crippen LogP contribution in [0.5, 0.6) is 0 Å². The molecule has 0 heterocycles. The number of hydrogen-bond donors (Lipinski definition) is 5. The largest absolute Gasteiger partial charge is 0.616 e. The molecule has 5 N–H and O–H groups in total. The van der Waals surface area contributed by atoms with E-state index in [-0.39, 0.29) is 31.2 Å². The second-order valence-electron chi connectivity index (χ2n) is 4.45. The molecule has 0 rings (SSSR count). The summed E-state index contributed by atoms with van der Waals surface area (Å²) in [5.41, 5.74) is 0. The number of aliphatic hydroxyl groups is 3. The summed E-state index contributed by atoms with van der Waals surface area (Å²) in [6.45, 7) is 6.39. The fourth-order valence-corrected chi connectivity index (χ4v) is 2.75. The Hall–Kier alpha value is -0.340. The number of rotatable bonds is 9. The Morgan fingerprint density at radius 2 is 1.68 bits per heavy atom. The molecular formula is C10H24N2O6P+. The monoisotopic (exact) mass is 299 g/mol. The first-order chi connectivity index (χ1) is 8.64. The molecule has 0 spiro atoms. The summed E-state index contributed by atoms with van der Waals surface area (Å²) in [7, 11) is -3.53.